The zero-order chi connectivity index (χ0) is 12.8. The number of hydrogen-bond acceptors (Lipinski definition) is 2. The molecule has 3 heteroatoms. The minimum Gasteiger partial charge on any atom is -0.296 e. The molecule has 1 rings (SSSR count). The van der Waals surface area contributed by atoms with Crippen LogP contribution in [0.3, 0.4) is 0 Å². The Bertz CT molecular complexity index is 376. The van der Waals surface area contributed by atoms with Gasteiger partial charge in [-0.25, -0.2) is 0 Å². The quantitative estimate of drug-likeness (QED) is 0.724. The number of nitrogens with zero attached hydrogens (tertiary/aromatic N) is 1. The maximum absolute atomic E-state index is 12.0. The van der Waals surface area contributed by atoms with Crippen molar-refractivity contribution in [2.24, 2.45) is 5.92 Å². The van der Waals surface area contributed by atoms with E-state index in [0.717, 1.165) is 13.1 Å². The van der Waals surface area contributed by atoms with E-state index in [1.165, 1.54) is 0 Å². The van der Waals surface area contributed by atoms with Crippen molar-refractivity contribution >= 4 is 17.4 Å². The molecule has 0 fully saturated rings. The number of benzene rings is 1. The SMILES string of the molecule is CCN(CC(=O)c1cccc(Cl)c1)CC(C)C. The van der Waals surface area contributed by atoms with Crippen LogP contribution in [0.15, 0.2) is 24.3 Å². The Kier molecular flexibility index (Phi) is 5.66. The van der Waals surface area contributed by atoms with E-state index in [2.05, 4.69) is 25.7 Å². The van der Waals surface area contributed by atoms with Gasteiger partial charge >= 0.3 is 0 Å². The summed E-state index contributed by atoms with van der Waals surface area (Å²) < 4.78 is 0. The summed E-state index contributed by atoms with van der Waals surface area (Å²) >= 11 is 5.88. The molecule has 94 valence electrons. The van der Waals surface area contributed by atoms with Gasteiger partial charge in [0.25, 0.3) is 0 Å². The summed E-state index contributed by atoms with van der Waals surface area (Å²) in [4.78, 5) is 14.2. The highest BCUT2D eigenvalue weighted by molar-refractivity contribution is 6.31. The Hall–Kier alpha value is -0.860. The summed E-state index contributed by atoms with van der Waals surface area (Å²) in [5, 5.41) is 0.614. The van der Waals surface area contributed by atoms with E-state index in [0.29, 0.717) is 23.0 Å². The van der Waals surface area contributed by atoms with Gasteiger partial charge in [0.15, 0.2) is 5.78 Å². The van der Waals surface area contributed by atoms with Crippen molar-refractivity contribution in [3.8, 4) is 0 Å². The van der Waals surface area contributed by atoms with Gasteiger partial charge < -0.3 is 0 Å². The highest BCUT2D eigenvalue weighted by Crippen LogP contribution is 2.12. The normalized spacial score (nSPS) is 11.2. The molecule has 1 aromatic rings. The number of Topliss-reactive ketones (excluding diaryl/α,β-unsaturated/α-hetero) is 1. The molecular formula is C14H20ClNO. The van der Waals surface area contributed by atoms with Crippen LogP contribution in [-0.4, -0.2) is 30.3 Å². The highest BCUT2D eigenvalue weighted by Gasteiger charge is 2.12. The lowest BCUT2D eigenvalue weighted by atomic mass is 10.1. The summed E-state index contributed by atoms with van der Waals surface area (Å²) in [7, 11) is 0. The molecule has 17 heavy (non-hydrogen) atoms. The average Bonchev–Trinajstić information content (AvgIpc) is 2.27. The smallest absolute Gasteiger partial charge is 0.176 e. The monoisotopic (exact) mass is 253 g/mol. The molecule has 0 bridgehead atoms. The predicted octanol–water partition coefficient (Wildman–Crippen LogP) is 3.50. The van der Waals surface area contributed by atoms with Gasteiger partial charge in [-0.2, -0.15) is 0 Å². The fraction of sp³-hybridized carbons (Fsp3) is 0.500. The van der Waals surface area contributed by atoms with Crippen molar-refractivity contribution in [3.63, 3.8) is 0 Å². The lowest BCUT2D eigenvalue weighted by Crippen LogP contribution is -2.32. The molecule has 1 aromatic carbocycles. The van der Waals surface area contributed by atoms with E-state index in [9.17, 15) is 4.79 Å². The second-order valence-electron chi connectivity index (χ2n) is 4.66. The Labute approximate surface area is 109 Å². The van der Waals surface area contributed by atoms with Crippen LogP contribution in [0.5, 0.6) is 0 Å². The Balaban J connectivity index is 2.64. The summed E-state index contributed by atoms with van der Waals surface area (Å²) in [6.45, 7) is 8.70. The van der Waals surface area contributed by atoms with Gasteiger partial charge in [0.05, 0.1) is 6.54 Å². The van der Waals surface area contributed by atoms with E-state index in [4.69, 9.17) is 11.6 Å². The summed E-state index contributed by atoms with van der Waals surface area (Å²) in [6, 6.07) is 7.14. The van der Waals surface area contributed by atoms with Crippen molar-refractivity contribution in [3.05, 3.63) is 34.9 Å². The van der Waals surface area contributed by atoms with Crippen LogP contribution in [0.2, 0.25) is 5.02 Å². The fourth-order valence-electron chi connectivity index (χ4n) is 1.78. The molecule has 0 aromatic heterocycles. The van der Waals surface area contributed by atoms with E-state index in [1.54, 1.807) is 12.1 Å². The van der Waals surface area contributed by atoms with E-state index < -0.39 is 0 Å². The third-order valence-corrected chi connectivity index (χ3v) is 2.82. The van der Waals surface area contributed by atoms with Crippen LogP contribution >= 0.6 is 11.6 Å². The maximum atomic E-state index is 12.0. The second kappa shape index (κ2) is 6.77. The van der Waals surface area contributed by atoms with Crippen molar-refractivity contribution in [2.75, 3.05) is 19.6 Å². The minimum atomic E-state index is 0.134. The largest absolute Gasteiger partial charge is 0.296 e. The predicted molar refractivity (Wildman–Crippen MR) is 72.7 cm³/mol. The third-order valence-electron chi connectivity index (χ3n) is 2.58. The number of rotatable bonds is 6. The summed E-state index contributed by atoms with van der Waals surface area (Å²) in [5.74, 6) is 0.706. The van der Waals surface area contributed by atoms with Crippen molar-refractivity contribution < 1.29 is 4.79 Å². The second-order valence-corrected chi connectivity index (χ2v) is 5.09. The van der Waals surface area contributed by atoms with Crippen LogP contribution in [0, 0.1) is 5.92 Å². The molecular weight excluding hydrogens is 234 g/mol. The number of ketones is 1. The van der Waals surface area contributed by atoms with E-state index >= 15 is 0 Å². The highest BCUT2D eigenvalue weighted by atomic mass is 35.5. The Morgan fingerprint density at radius 1 is 1.41 bits per heavy atom. The van der Waals surface area contributed by atoms with Crippen molar-refractivity contribution in [2.45, 2.75) is 20.8 Å². The van der Waals surface area contributed by atoms with Crippen LogP contribution < -0.4 is 0 Å². The molecule has 0 unspecified atom stereocenters. The Morgan fingerprint density at radius 2 is 2.12 bits per heavy atom. The first-order chi connectivity index (χ1) is 8.02. The molecule has 0 aliphatic rings. The molecule has 2 nitrogen and oxygen atoms in total. The van der Waals surface area contributed by atoms with E-state index in [1.807, 2.05) is 12.1 Å². The minimum absolute atomic E-state index is 0.134. The van der Waals surface area contributed by atoms with Crippen molar-refractivity contribution in [1.29, 1.82) is 0 Å². The molecule has 0 saturated heterocycles. The molecule has 0 aliphatic heterocycles. The number of carbonyl (C=O) groups is 1. The van der Waals surface area contributed by atoms with Gasteiger partial charge in [-0.1, -0.05) is 44.5 Å². The van der Waals surface area contributed by atoms with Crippen LogP contribution in [0.4, 0.5) is 0 Å². The Morgan fingerprint density at radius 3 is 2.65 bits per heavy atom. The molecule has 0 heterocycles. The molecule has 0 saturated carbocycles. The lowest BCUT2D eigenvalue weighted by Gasteiger charge is -2.21. The van der Waals surface area contributed by atoms with Crippen molar-refractivity contribution in [1.82, 2.24) is 4.90 Å². The zero-order valence-corrected chi connectivity index (χ0v) is 11.5. The molecule has 0 radical (unpaired) electrons. The van der Waals surface area contributed by atoms with E-state index in [-0.39, 0.29) is 5.78 Å². The molecule has 0 spiro atoms. The topological polar surface area (TPSA) is 20.3 Å². The molecule has 0 aliphatic carbocycles. The number of hydrogen-bond donors (Lipinski definition) is 0. The third kappa shape index (κ3) is 4.88. The standard InChI is InChI=1S/C14H20ClNO/c1-4-16(9-11(2)3)10-14(17)12-6-5-7-13(15)8-12/h5-8,11H,4,9-10H2,1-3H3. The maximum Gasteiger partial charge on any atom is 0.176 e. The number of likely N-dealkylation sites (N-methyl/N-ethyl adjacent to an activating group) is 1. The van der Waals surface area contributed by atoms with Crippen LogP contribution in [0.1, 0.15) is 31.1 Å². The van der Waals surface area contributed by atoms with Crippen LogP contribution in [-0.2, 0) is 0 Å². The molecule has 0 amide bonds. The van der Waals surface area contributed by atoms with Gasteiger partial charge in [-0.3, -0.25) is 9.69 Å². The van der Waals surface area contributed by atoms with Crippen LogP contribution in [0.25, 0.3) is 0 Å². The van der Waals surface area contributed by atoms with Gasteiger partial charge in [-0.05, 0) is 24.6 Å². The number of carbonyl (C=O) groups excluding carboxylic acids is 1. The van der Waals surface area contributed by atoms with Gasteiger partial charge in [0, 0.05) is 17.1 Å². The fourth-order valence-corrected chi connectivity index (χ4v) is 1.97. The zero-order valence-electron chi connectivity index (χ0n) is 10.7. The molecule has 0 atom stereocenters. The van der Waals surface area contributed by atoms with Gasteiger partial charge in [0.2, 0.25) is 0 Å². The average molecular weight is 254 g/mol. The first-order valence-corrected chi connectivity index (χ1v) is 6.41. The first-order valence-electron chi connectivity index (χ1n) is 6.04. The first kappa shape index (κ1) is 14.2. The summed E-state index contributed by atoms with van der Waals surface area (Å²) in [5.41, 5.74) is 0.694. The van der Waals surface area contributed by atoms with Gasteiger partial charge in [-0.15, -0.1) is 0 Å². The lowest BCUT2D eigenvalue weighted by molar-refractivity contribution is 0.0926. The van der Waals surface area contributed by atoms with Gasteiger partial charge in [0.1, 0.15) is 0 Å². The number of halogens is 1. The summed E-state index contributed by atoms with van der Waals surface area (Å²) in [6.07, 6.45) is 0. The molecule has 0 N–H and O–H groups in total.